The summed E-state index contributed by atoms with van der Waals surface area (Å²) in [6.07, 6.45) is 0. The first-order valence-electron chi connectivity index (χ1n) is 4.32. The first-order chi connectivity index (χ1) is 7.41. The molecule has 1 aromatic rings. The summed E-state index contributed by atoms with van der Waals surface area (Å²) >= 11 is 0. The second-order valence-electron chi connectivity index (χ2n) is 3.13. The third kappa shape index (κ3) is 2.94. The van der Waals surface area contributed by atoms with Crippen molar-refractivity contribution in [2.24, 2.45) is 0 Å². The maximum Gasteiger partial charge on any atom is 0.337 e. The molecule has 1 N–H and O–H groups in total. The minimum absolute atomic E-state index is 0.0232. The number of anilines is 1. The summed E-state index contributed by atoms with van der Waals surface area (Å²) < 4.78 is 25.2. The molecule has 0 fully saturated rings. The molecule has 1 aromatic carbocycles. The molecule has 0 saturated carbocycles. The highest BCUT2D eigenvalue weighted by molar-refractivity contribution is 7.67. The number of hydrogen-bond donors (Lipinski definition) is 2. The Labute approximate surface area is 94.2 Å². The third-order valence-electron chi connectivity index (χ3n) is 1.91. The van der Waals surface area contributed by atoms with Crippen LogP contribution in [0, 0.1) is 6.92 Å². The molecule has 0 aliphatic heterocycles. The van der Waals surface area contributed by atoms with E-state index in [0.29, 0.717) is 0 Å². The Morgan fingerprint density at radius 3 is 2.56 bits per heavy atom. The Bertz CT molecular complexity index is 475. The van der Waals surface area contributed by atoms with Gasteiger partial charge in [0.2, 0.25) is 0 Å². The van der Waals surface area contributed by atoms with E-state index in [-0.39, 0.29) is 11.3 Å². The van der Waals surface area contributed by atoms with Gasteiger partial charge in [-0.2, -0.15) is 4.28 Å². The molecule has 16 heavy (non-hydrogen) atoms. The normalized spacial score (nSPS) is 10.4. The van der Waals surface area contributed by atoms with Crippen molar-refractivity contribution in [2.45, 2.75) is 6.92 Å². The van der Waals surface area contributed by atoms with Gasteiger partial charge in [0.1, 0.15) is 0 Å². The summed E-state index contributed by atoms with van der Waals surface area (Å²) in [4.78, 5) is 10.9. The molecule has 0 heterocycles. The zero-order valence-electron chi connectivity index (χ0n) is 8.71. The fourth-order valence-corrected chi connectivity index (χ4v) is 1.51. The van der Waals surface area contributed by atoms with Crippen LogP contribution in [0.15, 0.2) is 18.2 Å². The van der Waals surface area contributed by atoms with Crippen LogP contribution >= 0.6 is 0 Å². The minimum atomic E-state index is -3.07. The van der Waals surface area contributed by atoms with E-state index in [1.807, 2.05) is 0 Å². The van der Waals surface area contributed by atoms with Crippen LogP contribution < -0.4 is 5.06 Å². The number of aryl methyl sites for hydroxylation is 1. The zero-order chi connectivity index (χ0) is 12.3. The number of carboxylic acids is 1. The number of hydroxylamine groups is 1. The zero-order valence-corrected chi connectivity index (χ0v) is 9.60. The fraction of sp³-hybridized carbons (Fsp3) is 0.222. The molecule has 0 aromatic heterocycles. The highest BCUT2D eigenvalue weighted by Crippen LogP contribution is 2.21. The Kier molecular flexibility index (Phi) is 3.86. The first-order valence-corrected chi connectivity index (χ1v) is 5.41. The lowest BCUT2D eigenvalue weighted by Crippen LogP contribution is -2.19. The number of rotatable bonds is 4. The number of carboxylic acid groups (broad SMARTS) is 1. The molecule has 0 bridgehead atoms. The van der Waals surface area contributed by atoms with E-state index in [1.165, 1.54) is 19.2 Å². The lowest BCUT2D eigenvalue weighted by atomic mass is 10.1. The van der Waals surface area contributed by atoms with E-state index in [2.05, 4.69) is 4.28 Å². The van der Waals surface area contributed by atoms with Gasteiger partial charge < -0.3 is 5.11 Å². The Balaban J connectivity index is 3.18. The Hall–Kier alpha value is -1.60. The first kappa shape index (κ1) is 12.5. The molecule has 0 saturated heterocycles. The van der Waals surface area contributed by atoms with E-state index in [1.54, 1.807) is 13.0 Å². The van der Waals surface area contributed by atoms with E-state index in [9.17, 15) is 13.2 Å². The van der Waals surface area contributed by atoms with Crippen molar-refractivity contribution >= 4 is 22.6 Å². The van der Waals surface area contributed by atoms with Crippen LogP contribution in [0.25, 0.3) is 0 Å². The largest absolute Gasteiger partial charge is 0.478 e. The maximum absolute atomic E-state index is 10.9. The summed E-state index contributed by atoms with van der Waals surface area (Å²) in [5.41, 5.74) is 0.966. The van der Waals surface area contributed by atoms with Gasteiger partial charge in [0.25, 0.3) is 11.0 Å². The smallest absolute Gasteiger partial charge is 0.337 e. The molecule has 0 radical (unpaired) electrons. The van der Waals surface area contributed by atoms with E-state index >= 15 is 0 Å². The average molecular weight is 245 g/mol. The van der Waals surface area contributed by atoms with Gasteiger partial charge in [-0.15, -0.1) is 0 Å². The second-order valence-corrected chi connectivity index (χ2v) is 3.74. The predicted octanol–water partition coefficient (Wildman–Crippen LogP) is 0.587. The van der Waals surface area contributed by atoms with Crippen LogP contribution in [0.3, 0.4) is 0 Å². The van der Waals surface area contributed by atoms with Crippen LogP contribution in [-0.2, 0) is 15.3 Å². The van der Waals surface area contributed by atoms with Gasteiger partial charge in [-0.25, -0.2) is 18.3 Å². The molecule has 88 valence electrons. The highest BCUT2D eigenvalue weighted by atomic mass is 32.2. The minimum Gasteiger partial charge on any atom is -0.478 e. The highest BCUT2D eigenvalue weighted by Gasteiger charge is 2.14. The monoisotopic (exact) mass is 245 g/mol. The third-order valence-corrected chi connectivity index (χ3v) is 2.29. The van der Waals surface area contributed by atoms with Gasteiger partial charge in [0.05, 0.1) is 11.3 Å². The molecular weight excluding hydrogens is 234 g/mol. The van der Waals surface area contributed by atoms with Gasteiger partial charge in [-0.1, -0.05) is 6.07 Å². The molecule has 0 amide bonds. The van der Waals surface area contributed by atoms with E-state index in [4.69, 9.17) is 5.11 Å². The van der Waals surface area contributed by atoms with Crippen molar-refractivity contribution in [3.05, 3.63) is 29.3 Å². The number of thiol groups is 1. The van der Waals surface area contributed by atoms with Crippen LogP contribution in [0.1, 0.15) is 15.9 Å². The quantitative estimate of drug-likeness (QED) is 0.596. The average Bonchev–Trinajstić information content (AvgIpc) is 2.15. The van der Waals surface area contributed by atoms with Gasteiger partial charge >= 0.3 is 5.97 Å². The van der Waals surface area contributed by atoms with Gasteiger partial charge in [-0.05, 0) is 24.6 Å². The summed E-state index contributed by atoms with van der Waals surface area (Å²) in [5.74, 6) is -1.15. The molecule has 0 aliphatic carbocycles. The molecule has 0 atom stereocenters. The van der Waals surface area contributed by atoms with Crippen molar-refractivity contribution in [2.75, 3.05) is 12.1 Å². The predicted molar refractivity (Wildman–Crippen MR) is 57.9 cm³/mol. The second kappa shape index (κ2) is 4.95. The van der Waals surface area contributed by atoms with E-state index in [0.717, 1.165) is 10.6 Å². The number of nitrogens with zero attached hydrogens (tertiary/aromatic N) is 1. The van der Waals surface area contributed by atoms with Crippen LogP contribution in [-0.4, -0.2) is 26.5 Å². The summed E-state index contributed by atoms with van der Waals surface area (Å²) in [7, 11) is -1.75. The molecule has 6 nitrogen and oxygen atoms in total. The number of hydrogen-bond acceptors (Lipinski definition) is 5. The lowest BCUT2D eigenvalue weighted by molar-refractivity contribution is 0.0696. The molecule has 0 spiro atoms. The molecule has 0 aliphatic rings. The number of benzene rings is 1. The summed E-state index contributed by atoms with van der Waals surface area (Å²) in [5, 5.41) is 9.81. The topological polar surface area (TPSA) is 83.9 Å². The fourth-order valence-electron chi connectivity index (χ4n) is 1.23. The number of carbonyl (C=O) groups is 1. The molecular formula is C9H11NO5S. The van der Waals surface area contributed by atoms with Crippen LogP contribution in [0.4, 0.5) is 5.69 Å². The summed E-state index contributed by atoms with van der Waals surface area (Å²) in [6, 6.07) is 4.55. The van der Waals surface area contributed by atoms with Crippen molar-refractivity contribution in [3.8, 4) is 0 Å². The molecule has 7 heteroatoms. The Morgan fingerprint density at radius 1 is 1.44 bits per heavy atom. The van der Waals surface area contributed by atoms with Crippen molar-refractivity contribution in [1.82, 2.24) is 0 Å². The maximum atomic E-state index is 10.9. The van der Waals surface area contributed by atoms with Gasteiger partial charge in [0, 0.05) is 7.05 Å². The van der Waals surface area contributed by atoms with E-state index < -0.39 is 17.0 Å². The van der Waals surface area contributed by atoms with Crippen LogP contribution in [0.2, 0.25) is 0 Å². The van der Waals surface area contributed by atoms with Crippen molar-refractivity contribution < 1.29 is 22.6 Å². The van der Waals surface area contributed by atoms with Gasteiger partial charge in [0.15, 0.2) is 0 Å². The molecule has 0 unspecified atom stereocenters. The molecule has 1 rings (SSSR count). The van der Waals surface area contributed by atoms with Crippen molar-refractivity contribution in [1.29, 1.82) is 0 Å². The lowest BCUT2D eigenvalue weighted by Gasteiger charge is -2.17. The summed E-state index contributed by atoms with van der Waals surface area (Å²) in [6.45, 7) is 1.76. The van der Waals surface area contributed by atoms with Gasteiger partial charge in [-0.3, -0.25) is 0 Å². The number of aromatic carboxylic acids is 1. The van der Waals surface area contributed by atoms with Crippen molar-refractivity contribution in [3.63, 3.8) is 0 Å². The standard InChI is InChI=1S/C9H11NO5S/c1-6-3-4-7(9(11)12)8(5-6)10(2)15-16(13)14/h3-5,16H,1-2H3,(H,11,12). The Morgan fingerprint density at radius 2 is 2.06 bits per heavy atom. The SMILES string of the molecule is Cc1ccc(C(=O)O)c(N(C)O[SH](=O)=O)c1. The van der Waals surface area contributed by atoms with Crippen LogP contribution in [0.5, 0.6) is 0 Å².